The molecule has 0 fully saturated rings. The van der Waals surface area contributed by atoms with E-state index in [0.717, 1.165) is 18.5 Å². The summed E-state index contributed by atoms with van der Waals surface area (Å²) in [5.41, 5.74) is 4.08. The lowest BCUT2D eigenvalue weighted by Crippen LogP contribution is -1.99. The molecule has 1 aromatic carbocycles. The standard InChI is InChI=1S/C15H20O2/c1-17-15-11-13-7-4-2-3-6-12(13)10-14(15)8-5-9-16/h9-11H,2-8H2,1H3. The summed E-state index contributed by atoms with van der Waals surface area (Å²) in [4.78, 5) is 10.5. The van der Waals surface area contributed by atoms with Gasteiger partial charge in [-0.15, -0.1) is 0 Å². The Morgan fingerprint density at radius 3 is 2.53 bits per heavy atom. The summed E-state index contributed by atoms with van der Waals surface area (Å²) in [5.74, 6) is 0.951. The third-order valence-corrected chi connectivity index (χ3v) is 3.53. The molecular weight excluding hydrogens is 212 g/mol. The summed E-state index contributed by atoms with van der Waals surface area (Å²) in [6, 6.07) is 4.43. The summed E-state index contributed by atoms with van der Waals surface area (Å²) in [6.07, 6.45) is 8.57. The fourth-order valence-corrected chi connectivity index (χ4v) is 2.59. The van der Waals surface area contributed by atoms with Gasteiger partial charge in [0.1, 0.15) is 12.0 Å². The van der Waals surface area contributed by atoms with E-state index >= 15 is 0 Å². The van der Waals surface area contributed by atoms with E-state index in [1.54, 1.807) is 7.11 Å². The molecule has 0 saturated heterocycles. The first-order chi connectivity index (χ1) is 8.35. The number of aldehydes is 1. The van der Waals surface area contributed by atoms with Gasteiger partial charge in [0.25, 0.3) is 0 Å². The molecule has 0 heterocycles. The Kier molecular flexibility index (Phi) is 4.18. The zero-order chi connectivity index (χ0) is 12.1. The summed E-state index contributed by atoms with van der Waals surface area (Å²) < 4.78 is 5.43. The van der Waals surface area contributed by atoms with Crippen LogP contribution in [0.25, 0.3) is 0 Å². The quantitative estimate of drug-likeness (QED) is 0.589. The van der Waals surface area contributed by atoms with Crippen molar-refractivity contribution >= 4 is 6.29 Å². The van der Waals surface area contributed by atoms with E-state index in [-0.39, 0.29) is 0 Å². The Morgan fingerprint density at radius 2 is 1.88 bits per heavy atom. The van der Waals surface area contributed by atoms with Crippen LogP contribution in [0.4, 0.5) is 0 Å². The highest BCUT2D eigenvalue weighted by molar-refractivity contribution is 5.52. The van der Waals surface area contributed by atoms with Crippen LogP contribution in [0, 0.1) is 0 Å². The molecular formula is C15H20O2. The van der Waals surface area contributed by atoms with Crippen molar-refractivity contribution < 1.29 is 9.53 Å². The molecule has 1 aromatic rings. The molecule has 0 aliphatic heterocycles. The zero-order valence-electron chi connectivity index (χ0n) is 10.5. The van der Waals surface area contributed by atoms with E-state index in [2.05, 4.69) is 12.1 Å². The van der Waals surface area contributed by atoms with Crippen molar-refractivity contribution in [2.45, 2.75) is 44.9 Å². The molecule has 17 heavy (non-hydrogen) atoms. The highest BCUT2D eigenvalue weighted by atomic mass is 16.5. The lowest BCUT2D eigenvalue weighted by atomic mass is 9.97. The van der Waals surface area contributed by atoms with Crippen LogP contribution in [0.5, 0.6) is 5.75 Å². The molecule has 0 unspecified atom stereocenters. The average molecular weight is 232 g/mol. The number of benzene rings is 1. The van der Waals surface area contributed by atoms with Crippen LogP contribution >= 0.6 is 0 Å². The molecule has 0 atom stereocenters. The van der Waals surface area contributed by atoms with Crippen LogP contribution < -0.4 is 4.74 Å². The van der Waals surface area contributed by atoms with Crippen molar-refractivity contribution in [2.24, 2.45) is 0 Å². The third-order valence-electron chi connectivity index (χ3n) is 3.53. The van der Waals surface area contributed by atoms with Crippen LogP contribution in [0.2, 0.25) is 0 Å². The molecule has 0 amide bonds. The topological polar surface area (TPSA) is 26.3 Å². The minimum atomic E-state index is 0.579. The minimum Gasteiger partial charge on any atom is -0.496 e. The Morgan fingerprint density at radius 1 is 1.18 bits per heavy atom. The lowest BCUT2D eigenvalue weighted by molar-refractivity contribution is -0.107. The van der Waals surface area contributed by atoms with Gasteiger partial charge in [-0.3, -0.25) is 0 Å². The first-order valence-electron chi connectivity index (χ1n) is 6.47. The van der Waals surface area contributed by atoms with E-state index in [1.807, 2.05) is 0 Å². The van der Waals surface area contributed by atoms with Crippen molar-refractivity contribution in [1.82, 2.24) is 0 Å². The van der Waals surface area contributed by atoms with Crippen LogP contribution in [0.3, 0.4) is 0 Å². The molecule has 1 aliphatic carbocycles. The Labute approximate surface area is 103 Å². The summed E-state index contributed by atoms with van der Waals surface area (Å²) in [5, 5.41) is 0. The van der Waals surface area contributed by atoms with Crippen LogP contribution in [0.15, 0.2) is 12.1 Å². The highest BCUT2D eigenvalue weighted by Crippen LogP contribution is 2.29. The van der Waals surface area contributed by atoms with Gasteiger partial charge >= 0.3 is 0 Å². The second-order valence-corrected chi connectivity index (χ2v) is 4.70. The smallest absolute Gasteiger partial charge is 0.122 e. The Hall–Kier alpha value is -1.31. The van der Waals surface area contributed by atoms with Gasteiger partial charge in [0, 0.05) is 6.42 Å². The molecule has 0 bridgehead atoms. The van der Waals surface area contributed by atoms with Gasteiger partial charge in [0.15, 0.2) is 0 Å². The summed E-state index contributed by atoms with van der Waals surface area (Å²) in [7, 11) is 1.71. The number of hydrogen-bond acceptors (Lipinski definition) is 2. The fourth-order valence-electron chi connectivity index (χ4n) is 2.59. The van der Waals surface area contributed by atoms with E-state index in [1.165, 1.54) is 48.8 Å². The van der Waals surface area contributed by atoms with Crippen LogP contribution in [-0.2, 0) is 24.1 Å². The minimum absolute atomic E-state index is 0.579. The predicted octanol–water partition coefficient (Wildman–Crippen LogP) is 3.10. The maximum atomic E-state index is 10.5. The summed E-state index contributed by atoms with van der Waals surface area (Å²) in [6.45, 7) is 0. The first kappa shape index (κ1) is 12.2. The van der Waals surface area contributed by atoms with Crippen LogP contribution in [-0.4, -0.2) is 13.4 Å². The zero-order valence-corrected chi connectivity index (χ0v) is 10.5. The molecule has 0 aromatic heterocycles. The highest BCUT2D eigenvalue weighted by Gasteiger charge is 2.12. The maximum absolute atomic E-state index is 10.5. The molecule has 0 spiro atoms. The Bertz CT molecular complexity index is 396. The fraction of sp³-hybridized carbons (Fsp3) is 0.533. The Balaban J connectivity index is 2.31. The summed E-state index contributed by atoms with van der Waals surface area (Å²) >= 11 is 0. The van der Waals surface area contributed by atoms with Gasteiger partial charge in [-0.05, 0) is 54.9 Å². The molecule has 0 saturated carbocycles. The van der Waals surface area contributed by atoms with Gasteiger partial charge in [-0.1, -0.05) is 12.5 Å². The van der Waals surface area contributed by atoms with E-state index < -0.39 is 0 Å². The number of carbonyl (C=O) groups is 1. The number of methoxy groups -OCH3 is 1. The molecule has 1 aliphatic rings. The lowest BCUT2D eigenvalue weighted by Gasteiger charge is -2.13. The van der Waals surface area contributed by atoms with Crippen molar-refractivity contribution in [3.8, 4) is 5.75 Å². The number of rotatable bonds is 4. The van der Waals surface area contributed by atoms with E-state index in [9.17, 15) is 4.79 Å². The first-order valence-corrected chi connectivity index (χ1v) is 6.47. The molecule has 92 valence electrons. The molecule has 2 rings (SSSR count). The molecule has 0 radical (unpaired) electrons. The average Bonchev–Trinajstić information content (AvgIpc) is 2.59. The van der Waals surface area contributed by atoms with Crippen molar-refractivity contribution in [3.05, 3.63) is 28.8 Å². The SMILES string of the molecule is COc1cc2c(cc1CCC=O)CCCCC2. The predicted molar refractivity (Wildman–Crippen MR) is 68.6 cm³/mol. The van der Waals surface area contributed by atoms with Gasteiger partial charge < -0.3 is 9.53 Å². The second-order valence-electron chi connectivity index (χ2n) is 4.70. The molecule has 0 N–H and O–H groups in total. The second kappa shape index (κ2) is 5.85. The number of aryl methyl sites for hydroxylation is 3. The number of fused-ring (bicyclic) bond motifs is 1. The molecule has 2 nitrogen and oxygen atoms in total. The van der Waals surface area contributed by atoms with Crippen molar-refractivity contribution in [3.63, 3.8) is 0 Å². The monoisotopic (exact) mass is 232 g/mol. The number of hydrogen-bond donors (Lipinski definition) is 0. The normalized spacial score (nSPS) is 14.9. The van der Waals surface area contributed by atoms with E-state index in [4.69, 9.17) is 4.74 Å². The van der Waals surface area contributed by atoms with Gasteiger partial charge in [0.05, 0.1) is 7.11 Å². The van der Waals surface area contributed by atoms with Crippen molar-refractivity contribution in [2.75, 3.05) is 7.11 Å². The maximum Gasteiger partial charge on any atom is 0.122 e. The van der Waals surface area contributed by atoms with E-state index in [0.29, 0.717) is 6.42 Å². The molecule has 2 heteroatoms. The number of ether oxygens (including phenoxy) is 1. The third kappa shape index (κ3) is 2.87. The van der Waals surface area contributed by atoms with Gasteiger partial charge in [0.2, 0.25) is 0 Å². The van der Waals surface area contributed by atoms with Gasteiger partial charge in [-0.25, -0.2) is 0 Å². The largest absolute Gasteiger partial charge is 0.496 e. The number of carbonyl (C=O) groups excluding carboxylic acids is 1. The van der Waals surface area contributed by atoms with Gasteiger partial charge in [-0.2, -0.15) is 0 Å². The van der Waals surface area contributed by atoms with Crippen LogP contribution in [0.1, 0.15) is 42.4 Å². The van der Waals surface area contributed by atoms with Crippen molar-refractivity contribution in [1.29, 1.82) is 0 Å².